The highest BCUT2D eigenvalue weighted by atomic mass is 35.5. The molecule has 0 amide bonds. The van der Waals surface area contributed by atoms with E-state index in [0.29, 0.717) is 21.8 Å². The molecule has 1 unspecified atom stereocenters. The topological polar surface area (TPSA) is 49.0 Å². The molecule has 1 fully saturated rings. The van der Waals surface area contributed by atoms with Crippen LogP contribution in [0.5, 0.6) is 0 Å². The molecule has 3 rings (SSSR count). The predicted molar refractivity (Wildman–Crippen MR) is 89.8 cm³/mol. The summed E-state index contributed by atoms with van der Waals surface area (Å²) in [5.41, 5.74) is 1.47. The van der Waals surface area contributed by atoms with Crippen LogP contribution in [0, 0.1) is 0 Å². The maximum absolute atomic E-state index is 12.0. The van der Waals surface area contributed by atoms with E-state index in [1.54, 1.807) is 18.2 Å². The molecule has 0 radical (unpaired) electrons. The molecule has 0 spiro atoms. The first-order chi connectivity index (χ1) is 10.5. The van der Waals surface area contributed by atoms with Gasteiger partial charge in [0.15, 0.2) is 0 Å². The van der Waals surface area contributed by atoms with E-state index < -0.39 is 0 Å². The van der Waals surface area contributed by atoms with E-state index in [1.165, 1.54) is 0 Å². The number of nitrogens with zero attached hydrogens (tertiary/aromatic N) is 2. The second-order valence-corrected chi connectivity index (χ2v) is 6.56. The van der Waals surface area contributed by atoms with Crippen molar-refractivity contribution in [3.8, 4) is 11.4 Å². The molecule has 0 bridgehead atoms. The van der Waals surface area contributed by atoms with Gasteiger partial charge in [-0.15, -0.1) is 0 Å². The minimum atomic E-state index is -0.140. The molecule has 0 aliphatic carbocycles. The second-order valence-electron chi connectivity index (χ2n) is 5.75. The minimum absolute atomic E-state index is 0.140. The summed E-state index contributed by atoms with van der Waals surface area (Å²) in [6.07, 6.45) is 2.18. The van der Waals surface area contributed by atoms with Gasteiger partial charge in [0.05, 0.1) is 15.7 Å². The summed E-state index contributed by atoms with van der Waals surface area (Å²) in [7, 11) is 2.10. The Labute approximate surface area is 139 Å². The van der Waals surface area contributed by atoms with Gasteiger partial charge in [0.2, 0.25) is 0 Å². The third-order valence-corrected chi connectivity index (χ3v) is 4.74. The highest BCUT2D eigenvalue weighted by molar-refractivity contribution is 6.42. The maximum atomic E-state index is 12.0. The Hall–Kier alpha value is -1.36. The summed E-state index contributed by atoms with van der Waals surface area (Å²) in [4.78, 5) is 21.7. The van der Waals surface area contributed by atoms with Crippen molar-refractivity contribution in [2.45, 2.75) is 18.8 Å². The third kappa shape index (κ3) is 3.35. The Morgan fingerprint density at radius 1 is 1.27 bits per heavy atom. The summed E-state index contributed by atoms with van der Waals surface area (Å²) in [5.74, 6) is 0.830. The smallest absolute Gasteiger partial charge is 0.251 e. The van der Waals surface area contributed by atoms with E-state index in [4.69, 9.17) is 23.2 Å². The lowest BCUT2D eigenvalue weighted by molar-refractivity contribution is 0.248. The van der Waals surface area contributed by atoms with Gasteiger partial charge in [0.1, 0.15) is 5.82 Å². The zero-order valence-corrected chi connectivity index (χ0v) is 13.8. The number of halogens is 2. The first kappa shape index (κ1) is 15.5. The van der Waals surface area contributed by atoms with Crippen molar-refractivity contribution < 1.29 is 0 Å². The molecular formula is C16H17Cl2N3O. The van der Waals surface area contributed by atoms with Gasteiger partial charge in [-0.1, -0.05) is 23.2 Å². The van der Waals surface area contributed by atoms with E-state index >= 15 is 0 Å². The summed E-state index contributed by atoms with van der Waals surface area (Å²) < 4.78 is 0. The number of likely N-dealkylation sites (N-methyl/N-ethyl adjacent to an activating group) is 1. The minimum Gasteiger partial charge on any atom is -0.307 e. The molecule has 1 saturated heterocycles. The molecule has 22 heavy (non-hydrogen) atoms. The van der Waals surface area contributed by atoms with Crippen LogP contribution in [-0.4, -0.2) is 35.0 Å². The number of hydrogen-bond acceptors (Lipinski definition) is 3. The fraction of sp³-hybridized carbons (Fsp3) is 0.375. The van der Waals surface area contributed by atoms with Crippen LogP contribution in [0.1, 0.15) is 24.5 Å². The molecular weight excluding hydrogens is 321 g/mol. The number of nitrogens with one attached hydrogen (secondary N) is 1. The van der Waals surface area contributed by atoms with E-state index in [9.17, 15) is 4.79 Å². The molecule has 1 aliphatic rings. The highest BCUT2D eigenvalue weighted by Crippen LogP contribution is 2.28. The van der Waals surface area contributed by atoms with Gasteiger partial charge in [-0.2, -0.15) is 0 Å². The van der Waals surface area contributed by atoms with E-state index in [-0.39, 0.29) is 5.56 Å². The number of H-pyrrole nitrogens is 1. The van der Waals surface area contributed by atoms with Gasteiger partial charge < -0.3 is 9.88 Å². The van der Waals surface area contributed by atoms with Crippen LogP contribution in [0.4, 0.5) is 0 Å². The number of aromatic nitrogens is 2. The quantitative estimate of drug-likeness (QED) is 0.911. The first-order valence-corrected chi connectivity index (χ1v) is 8.04. The number of piperidine rings is 1. The SMILES string of the molecule is CN1CCCC(c2cc(=O)[nH]c(-c3ccc(Cl)c(Cl)c3)n2)C1. The van der Waals surface area contributed by atoms with Crippen molar-refractivity contribution in [1.29, 1.82) is 0 Å². The molecule has 6 heteroatoms. The number of hydrogen-bond donors (Lipinski definition) is 1. The lowest BCUT2D eigenvalue weighted by atomic mass is 9.95. The zero-order valence-electron chi connectivity index (χ0n) is 12.3. The molecule has 2 aromatic rings. The van der Waals surface area contributed by atoms with Crippen LogP contribution in [0.3, 0.4) is 0 Å². The average Bonchev–Trinajstić information content (AvgIpc) is 2.49. The number of aromatic amines is 1. The Morgan fingerprint density at radius 3 is 2.82 bits per heavy atom. The average molecular weight is 338 g/mol. The normalized spacial score (nSPS) is 19.3. The van der Waals surface area contributed by atoms with Gasteiger partial charge in [-0.3, -0.25) is 4.79 Å². The number of likely N-dealkylation sites (tertiary alicyclic amines) is 1. The van der Waals surface area contributed by atoms with Gasteiger partial charge >= 0.3 is 0 Å². The number of benzene rings is 1. The lowest BCUT2D eigenvalue weighted by Crippen LogP contribution is -2.31. The van der Waals surface area contributed by atoms with Crippen molar-refractivity contribution in [2.75, 3.05) is 20.1 Å². The lowest BCUT2D eigenvalue weighted by Gasteiger charge is -2.29. The highest BCUT2D eigenvalue weighted by Gasteiger charge is 2.21. The van der Waals surface area contributed by atoms with Crippen LogP contribution < -0.4 is 5.56 Å². The van der Waals surface area contributed by atoms with E-state index in [2.05, 4.69) is 21.9 Å². The van der Waals surface area contributed by atoms with E-state index in [0.717, 1.165) is 37.2 Å². The molecule has 1 N–H and O–H groups in total. The molecule has 4 nitrogen and oxygen atoms in total. The summed E-state index contributed by atoms with van der Waals surface area (Å²) in [6.45, 7) is 2.02. The molecule has 1 atom stereocenters. The molecule has 0 saturated carbocycles. The second kappa shape index (κ2) is 6.41. The Bertz CT molecular complexity index is 744. The molecule has 1 aromatic carbocycles. The summed E-state index contributed by atoms with van der Waals surface area (Å²) in [5, 5.41) is 0.933. The Kier molecular flexibility index (Phi) is 4.52. The standard InChI is InChI=1S/C16H17Cl2N3O/c1-21-6-2-3-11(9-21)14-8-15(22)20-16(19-14)10-4-5-12(17)13(18)7-10/h4-5,7-8,11H,2-3,6,9H2,1H3,(H,19,20,22). The van der Waals surface area contributed by atoms with Crippen molar-refractivity contribution in [2.24, 2.45) is 0 Å². The zero-order chi connectivity index (χ0) is 15.7. The van der Waals surface area contributed by atoms with Crippen molar-refractivity contribution in [1.82, 2.24) is 14.9 Å². The van der Waals surface area contributed by atoms with Gasteiger partial charge in [-0.05, 0) is 44.6 Å². The molecule has 116 valence electrons. The van der Waals surface area contributed by atoms with Crippen molar-refractivity contribution >= 4 is 23.2 Å². The monoisotopic (exact) mass is 337 g/mol. The summed E-state index contributed by atoms with van der Waals surface area (Å²) >= 11 is 12.0. The fourth-order valence-electron chi connectivity index (χ4n) is 2.87. The van der Waals surface area contributed by atoms with Gasteiger partial charge in [-0.25, -0.2) is 4.98 Å². The van der Waals surface area contributed by atoms with Crippen LogP contribution in [0.2, 0.25) is 10.0 Å². The summed E-state index contributed by atoms with van der Waals surface area (Å²) in [6, 6.07) is 6.84. The van der Waals surface area contributed by atoms with Gasteiger partial charge in [0, 0.05) is 24.1 Å². The molecule has 1 aliphatic heterocycles. The van der Waals surface area contributed by atoms with Gasteiger partial charge in [0.25, 0.3) is 5.56 Å². The van der Waals surface area contributed by atoms with Crippen LogP contribution in [0.25, 0.3) is 11.4 Å². The third-order valence-electron chi connectivity index (χ3n) is 4.00. The van der Waals surface area contributed by atoms with Crippen LogP contribution in [0.15, 0.2) is 29.1 Å². The van der Waals surface area contributed by atoms with Crippen LogP contribution >= 0.6 is 23.2 Å². The van der Waals surface area contributed by atoms with Crippen LogP contribution in [-0.2, 0) is 0 Å². The molecule has 2 heterocycles. The van der Waals surface area contributed by atoms with Crippen molar-refractivity contribution in [3.05, 3.63) is 50.4 Å². The largest absolute Gasteiger partial charge is 0.307 e. The number of rotatable bonds is 2. The Balaban J connectivity index is 1.99. The van der Waals surface area contributed by atoms with Crippen molar-refractivity contribution in [3.63, 3.8) is 0 Å². The predicted octanol–water partition coefficient (Wildman–Crippen LogP) is 3.55. The maximum Gasteiger partial charge on any atom is 0.251 e. The first-order valence-electron chi connectivity index (χ1n) is 7.28. The fourth-order valence-corrected chi connectivity index (χ4v) is 3.17. The Morgan fingerprint density at radius 2 is 2.09 bits per heavy atom. The molecule has 1 aromatic heterocycles. The van der Waals surface area contributed by atoms with E-state index in [1.807, 2.05) is 6.07 Å².